The van der Waals surface area contributed by atoms with Gasteiger partial charge in [0.05, 0.1) is 28.4 Å². The summed E-state index contributed by atoms with van der Waals surface area (Å²) in [4.78, 5) is 15.2. The van der Waals surface area contributed by atoms with E-state index in [9.17, 15) is 4.79 Å². The Labute approximate surface area is 199 Å². The van der Waals surface area contributed by atoms with Crippen LogP contribution in [-0.2, 0) is 11.3 Å². The fourth-order valence-electron chi connectivity index (χ4n) is 4.88. The topological polar surface area (TPSA) is 75.9 Å². The molecule has 1 fully saturated rings. The molecule has 174 valence electrons. The number of carbonyl (C=O) groups is 1. The Morgan fingerprint density at radius 2 is 1.88 bits per heavy atom. The lowest BCUT2D eigenvalue weighted by molar-refractivity contribution is -0.125. The van der Waals surface area contributed by atoms with E-state index in [4.69, 9.17) is 5.10 Å². The van der Waals surface area contributed by atoms with Crippen LogP contribution in [0.3, 0.4) is 0 Å². The number of anilines is 1. The third-order valence-electron chi connectivity index (χ3n) is 6.63. The molecule has 7 heteroatoms. The molecule has 1 saturated heterocycles. The summed E-state index contributed by atoms with van der Waals surface area (Å²) in [5, 5.41) is 18.1. The van der Waals surface area contributed by atoms with E-state index in [-0.39, 0.29) is 11.8 Å². The number of para-hydroxylation sites is 1. The van der Waals surface area contributed by atoms with Gasteiger partial charge >= 0.3 is 0 Å². The summed E-state index contributed by atoms with van der Waals surface area (Å²) in [5.41, 5.74) is 6.07. The molecule has 0 aliphatic carbocycles. The molecular weight excluding hydrogens is 424 g/mol. The van der Waals surface area contributed by atoms with E-state index in [1.165, 1.54) is 5.56 Å². The minimum absolute atomic E-state index is 0.0889. The van der Waals surface area contributed by atoms with E-state index in [1.807, 2.05) is 54.1 Å². The van der Waals surface area contributed by atoms with Crippen LogP contribution in [-0.4, -0.2) is 39.0 Å². The summed E-state index contributed by atoms with van der Waals surface area (Å²) in [6.07, 6.45) is 1.80. The van der Waals surface area contributed by atoms with Crippen LogP contribution in [0.5, 0.6) is 0 Å². The number of hydrogen-bond acceptors (Lipinski definition) is 5. The van der Waals surface area contributed by atoms with Crippen LogP contribution in [0.1, 0.15) is 35.4 Å². The van der Waals surface area contributed by atoms with Crippen LogP contribution < -0.4 is 10.2 Å². The highest BCUT2D eigenvalue weighted by Crippen LogP contribution is 2.31. The first-order valence-electron chi connectivity index (χ1n) is 11.9. The molecule has 0 bridgehead atoms. The van der Waals surface area contributed by atoms with Crippen molar-refractivity contribution in [3.8, 4) is 5.69 Å². The molecule has 0 spiro atoms. The molecule has 1 unspecified atom stereocenters. The van der Waals surface area contributed by atoms with E-state index in [0.717, 1.165) is 58.7 Å². The highest BCUT2D eigenvalue weighted by Gasteiger charge is 2.29. The predicted molar refractivity (Wildman–Crippen MR) is 134 cm³/mol. The van der Waals surface area contributed by atoms with E-state index in [0.29, 0.717) is 13.1 Å². The highest BCUT2D eigenvalue weighted by atomic mass is 16.1. The lowest BCUT2D eigenvalue weighted by Crippen LogP contribution is -2.43. The van der Waals surface area contributed by atoms with E-state index >= 15 is 0 Å². The number of nitrogens with zero attached hydrogens (tertiary/aromatic N) is 5. The number of nitrogens with one attached hydrogen (secondary N) is 1. The van der Waals surface area contributed by atoms with Gasteiger partial charge in [-0.25, -0.2) is 4.68 Å². The molecule has 1 aliphatic rings. The van der Waals surface area contributed by atoms with Gasteiger partial charge in [0.25, 0.3) is 0 Å². The number of amides is 1. The lowest BCUT2D eigenvalue weighted by atomic mass is 9.96. The third-order valence-corrected chi connectivity index (χ3v) is 6.63. The number of carbonyl (C=O) groups excluding carboxylic acids is 1. The molecule has 1 amide bonds. The van der Waals surface area contributed by atoms with Crippen molar-refractivity contribution in [1.29, 1.82) is 0 Å². The molecule has 1 N–H and O–H groups in total. The molecule has 1 aliphatic heterocycles. The molecule has 0 radical (unpaired) electrons. The Kier molecular flexibility index (Phi) is 6.01. The SMILES string of the molecule is Cc1cccc(CNC(=O)C2CCCN(c3nnc(C)c4c(C)n(-c5ccccc5)nc34)C2)c1. The largest absolute Gasteiger partial charge is 0.352 e. The quantitative estimate of drug-likeness (QED) is 0.487. The Bertz CT molecular complexity index is 1330. The second kappa shape index (κ2) is 9.25. The molecular formula is C27H30N6O. The Morgan fingerprint density at radius 3 is 2.68 bits per heavy atom. The number of aromatic nitrogens is 4. The van der Waals surface area contributed by atoms with Crippen molar-refractivity contribution in [1.82, 2.24) is 25.3 Å². The lowest BCUT2D eigenvalue weighted by Gasteiger charge is -2.32. The zero-order chi connectivity index (χ0) is 23.7. The summed E-state index contributed by atoms with van der Waals surface area (Å²) >= 11 is 0. The summed E-state index contributed by atoms with van der Waals surface area (Å²) in [7, 11) is 0. The first-order chi connectivity index (χ1) is 16.5. The monoisotopic (exact) mass is 454 g/mol. The number of piperidine rings is 1. The Balaban J connectivity index is 1.39. The van der Waals surface area contributed by atoms with Crippen molar-refractivity contribution in [2.45, 2.75) is 40.2 Å². The fraction of sp³-hybridized carbons (Fsp3) is 0.333. The van der Waals surface area contributed by atoms with Crippen molar-refractivity contribution < 1.29 is 4.79 Å². The molecule has 2 aromatic carbocycles. The van der Waals surface area contributed by atoms with Crippen molar-refractivity contribution in [3.05, 3.63) is 77.1 Å². The van der Waals surface area contributed by atoms with Crippen LogP contribution in [0, 0.1) is 26.7 Å². The van der Waals surface area contributed by atoms with Gasteiger partial charge in [0.15, 0.2) is 5.82 Å². The molecule has 3 heterocycles. The average molecular weight is 455 g/mol. The zero-order valence-corrected chi connectivity index (χ0v) is 20.0. The molecule has 2 aromatic heterocycles. The van der Waals surface area contributed by atoms with Crippen LogP contribution in [0.25, 0.3) is 16.6 Å². The van der Waals surface area contributed by atoms with Gasteiger partial charge in [-0.3, -0.25) is 4.79 Å². The van der Waals surface area contributed by atoms with Gasteiger partial charge in [0.1, 0.15) is 5.52 Å². The zero-order valence-electron chi connectivity index (χ0n) is 20.0. The molecule has 7 nitrogen and oxygen atoms in total. The Morgan fingerprint density at radius 1 is 1.06 bits per heavy atom. The summed E-state index contributed by atoms with van der Waals surface area (Å²) < 4.78 is 1.96. The normalized spacial score (nSPS) is 16.1. The summed E-state index contributed by atoms with van der Waals surface area (Å²) in [6, 6.07) is 18.4. The van der Waals surface area contributed by atoms with Gasteiger partial charge in [-0.2, -0.15) is 10.2 Å². The molecule has 5 rings (SSSR count). The van der Waals surface area contributed by atoms with Gasteiger partial charge in [0.2, 0.25) is 5.91 Å². The van der Waals surface area contributed by atoms with E-state index < -0.39 is 0 Å². The van der Waals surface area contributed by atoms with Gasteiger partial charge < -0.3 is 10.2 Å². The van der Waals surface area contributed by atoms with Crippen molar-refractivity contribution in [3.63, 3.8) is 0 Å². The molecule has 1 atom stereocenters. The number of rotatable bonds is 5. The number of aryl methyl sites for hydroxylation is 3. The molecule has 34 heavy (non-hydrogen) atoms. The van der Waals surface area contributed by atoms with Gasteiger partial charge in [0, 0.05) is 19.6 Å². The van der Waals surface area contributed by atoms with Crippen LogP contribution in [0.15, 0.2) is 54.6 Å². The predicted octanol–water partition coefficient (Wildman–Crippen LogP) is 4.27. The van der Waals surface area contributed by atoms with Crippen molar-refractivity contribution in [2.24, 2.45) is 5.92 Å². The standard InChI is InChI=1S/C27H30N6O/c1-18-9-7-10-21(15-18)16-28-27(34)22-11-8-14-32(17-22)26-25-24(19(2)29-30-26)20(3)33(31-25)23-12-5-4-6-13-23/h4-7,9-10,12-13,15,22H,8,11,14,16-17H2,1-3H3,(H,28,34). The fourth-order valence-corrected chi connectivity index (χ4v) is 4.88. The second-order valence-corrected chi connectivity index (χ2v) is 9.16. The first-order valence-corrected chi connectivity index (χ1v) is 11.9. The maximum Gasteiger partial charge on any atom is 0.225 e. The average Bonchev–Trinajstić information content (AvgIpc) is 3.21. The smallest absolute Gasteiger partial charge is 0.225 e. The van der Waals surface area contributed by atoms with Crippen molar-refractivity contribution >= 4 is 22.6 Å². The van der Waals surface area contributed by atoms with Crippen LogP contribution in [0.2, 0.25) is 0 Å². The van der Waals surface area contributed by atoms with E-state index in [1.54, 1.807) is 0 Å². The summed E-state index contributed by atoms with van der Waals surface area (Å²) in [5.74, 6) is 0.761. The van der Waals surface area contributed by atoms with Gasteiger partial charge in [-0.05, 0) is 51.3 Å². The van der Waals surface area contributed by atoms with Gasteiger partial charge in [-0.15, -0.1) is 5.10 Å². The van der Waals surface area contributed by atoms with Crippen LogP contribution in [0.4, 0.5) is 5.82 Å². The molecule has 0 saturated carbocycles. The van der Waals surface area contributed by atoms with Gasteiger partial charge in [-0.1, -0.05) is 48.0 Å². The van der Waals surface area contributed by atoms with Crippen LogP contribution >= 0.6 is 0 Å². The summed E-state index contributed by atoms with van der Waals surface area (Å²) in [6.45, 7) is 8.11. The minimum atomic E-state index is -0.0889. The third kappa shape index (κ3) is 4.25. The number of benzene rings is 2. The Hall–Kier alpha value is -3.74. The maximum absolute atomic E-state index is 13.0. The maximum atomic E-state index is 13.0. The van der Waals surface area contributed by atoms with E-state index in [2.05, 4.69) is 46.4 Å². The first kappa shape index (κ1) is 22.1. The molecule has 4 aromatic rings. The minimum Gasteiger partial charge on any atom is -0.352 e. The highest BCUT2D eigenvalue weighted by molar-refractivity contribution is 5.92. The second-order valence-electron chi connectivity index (χ2n) is 9.16. The van der Waals surface area contributed by atoms with Crippen molar-refractivity contribution in [2.75, 3.05) is 18.0 Å². The number of fused-ring (bicyclic) bond motifs is 1. The number of hydrogen-bond donors (Lipinski definition) is 1.